The molecule has 0 aromatic rings. The van der Waals surface area contributed by atoms with Crippen molar-refractivity contribution in [2.24, 2.45) is 11.5 Å². The fourth-order valence-corrected chi connectivity index (χ4v) is 1.88. The molecule has 8 N–H and O–H groups in total. The number of amides is 2. The summed E-state index contributed by atoms with van der Waals surface area (Å²) in [4.78, 5) is 19.9. The zero-order valence-corrected chi connectivity index (χ0v) is 30.1. The van der Waals surface area contributed by atoms with Crippen LogP contribution in [0.25, 0.3) is 0 Å². The maximum Gasteiger partial charge on any atom is 1.00 e. The molecule has 154 valence electrons. The largest absolute Gasteiger partial charge is 1.00 e. The van der Waals surface area contributed by atoms with Gasteiger partial charge in [0.1, 0.15) is 0 Å². The summed E-state index contributed by atoms with van der Waals surface area (Å²) in [5, 5.41) is 18.1. The first kappa shape index (κ1) is 37.7. The van der Waals surface area contributed by atoms with Gasteiger partial charge in [-0.2, -0.15) is 6.41 Å². The number of nitrogens with one attached hydrogen (secondary N) is 3. The van der Waals surface area contributed by atoms with Crippen molar-refractivity contribution in [3.8, 4) is 0 Å². The second-order valence-corrected chi connectivity index (χ2v) is 5.40. The molecule has 0 spiro atoms. The van der Waals surface area contributed by atoms with Gasteiger partial charge in [-0.15, -0.1) is 0 Å². The van der Waals surface area contributed by atoms with Crippen LogP contribution in [0.15, 0.2) is 6.08 Å². The number of carbonyl (C=O) groups excluding carboxylic acids is 2. The van der Waals surface area contributed by atoms with E-state index < -0.39 is 12.2 Å². The van der Waals surface area contributed by atoms with Crippen molar-refractivity contribution in [3.05, 3.63) is 12.7 Å². The van der Waals surface area contributed by atoms with E-state index in [-0.39, 0.29) is 144 Å². The van der Waals surface area contributed by atoms with Gasteiger partial charge in [-0.25, -0.2) is 10.9 Å². The van der Waals surface area contributed by atoms with Crippen LogP contribution in [0.2, 0.25) is 0 Å². The van der Waals surface area contributed by atoms with E-state index in [1.165, 1.54) is 6.08 Å². The molecule has 1 unspecified atom stereocenters. The van der Waals surface area contributed by atoms with Crippen LogP contribution in [0.5, 0.6) is 0 Å². The molecule has 11 heteroatoms. The predicted octanol–water partition coefficient (Wildman–Crippen LogP) is -6.83. The number of unbranched alkanes of at least 4 members (excludes halogenated alkanes) is 1. The Hall–Kier alpha value is 2.42. The molecule has 9 nitrogen and oxygen atoms in total. The van der Waals surface area contributed by atoms with Gasteiger partial charge in [0.05, 0.1) is 6.10 Å². The van der Waals surface area contributed by atoms with E-state index >= 15 is 0 Å². The van der Waals surface area contributed by atoms with Crippen LogP contribution in [-0.2, 0) is 9.53 Å². The third-order valence-electron chi connectivity index (χ3n) is 3.20. The molecule has 0 aliphatic heterocycles. The van der Waals surface area contributed by atoms with Gasteiger partial charge in [-0.05, 0) is 58.4 Å². The maximum atomic E-state index is 11.4. The van der Waals surface area contributed by atoms with E-state index in [4.69, 9.17) is 27.0 Å². The molecular weight excluding hydrogens is 604 g/mol. The minimum atomic E-state index is -0.545. The molecule has 0 fully saturated rings. The Bertz CT molecular complexity index is 343. The number of rotatable bonds is 16. The summed E-state index contributed by atoms with van der Waals surface area (Å²) in [7, 11) is 0. The van der Waals surface area contributed by atoms with Crippen molar-refractivity contribution < 1.29 is 157 Å². The first-order valence-corrected chi connectivity index (χ1v) is 8.95. The predicted molar refractivity (Wildman–Crippen MR) is 102 cm³/mol. The van der Waals surface area contributed by atoms with Gasteiger partial charge >= 0.3 is 144 Å². The standard InChI is InChI=1S/C16H33N4O3.CH2NO.2Cs/c1-2-15(7-14-21)23-16(22)20-13-6-12-19-10-4-3-9-18-11-5-8-17;2-1-3;;/h1-2,15,18-19,21H,3-14,17H2,(H,20,22);(H2,2,3);;/q2*-1;2*+1. The molecule has 0 bridgehead atoms. The molecule has 2 amide bonds. The first-order chi connectivity index (χ1) is 12.7. The van der Waals surface area contributed by atoms with Crippen molar-refractivity contribution in [3.63, 3.8) is 0 Å². The topological polar surface area (TPSA) is 152 Å². The molecule has 0 aromatic heterocycles. The second kappa shape index (κ2) is 34.0. The van der Waals surface area contributed by atoms with Crippen molar-refractivity contribution in [2.45, 2.75) is 38.2 Å². The van der Waals surface area contributed by atoms with Gasteiger partial charge in [-0.1, -0.05) is 0 Å². The summed E-state index contributed by atoms with van der Waals surface area (Å²) in [6, 6.07) is 0. The van der Waals surface area contributed by atoms with Gasteiger partial charge in [0.2, 0.25) is 0 Å². The molecule has 0 saturated heterocycles. The van der Waals surface area contributed by atoms with Crippen molar-refractivity contribution in [2.75, 3.05) is 45.9 Å². The molecule has 0 saturated carbocycles. The van der Waals surface area contributed by atoms with Crippen LogP contribution >= 0.6 is 0 Å². The molecule has 0 aliphatic carbocycles. The van der Waals surface area contributed by atoms with Crippen LogP contribution < -0.4 is 165 Å². The summed E-state index contributed by atoms with van der Waals surface area (Å²) in [5.41, 5.74) is 9.45. The van der Waals surface area contributed by atoms with Crippen molar-refractivity contribution >= 4 is 12.5 Å². The summed E-state index contributed by atoms with van der Waals surface area (Å²) >= 11 is 0. The number of hydrogen-bond donors (Lipinski definition) is 6. The number of aliphatic hydroxyl groups is 1. The van der Waals surface area contributed by atoms with Gasteiger partial charge in [0.15, 0.2) is 0 Å². The normalized spacial score (nSPS) is 10.2. The molecule has 0 rings (SSSR count). The fourth-order valence-electron chi connectivity index (χ4n) is 1.88. The van der Waals surface area contributed by atoms with Crippen molar-refractivity contribution in [1.29, 1.82) is 0 Å². The van der Waals surface area contributed by atoms with Crippen molar-refractivity contribution in [1.82, 2.24) is 16.0 Å². The zero-order chi connectivity index (χ0) is 19.9. The van der Waals surface area contributed by atoms with Crippen LogP contribution in [-0.4, -0.2) is 69.6 Å². The minimum absolute atomic E-state index is 0. The van der Waals surface area contributed by atoms with Gasteiger partial charge in [0.25, 0.3) is 0 Å². The molecule has 0 aliphatic rings. The Morgan fingerprint density at radius 2 is 1.57 bits per heavy atom. The molecule has 0 aromatic carbocycles. The van der Waals surface area contributed by atoms with E-state index in [1.54, 1.807) is 0 Å². The third kappa shape index (κ3) is 33.1. The maximum absolute atomic E-state index is 11.4. The van der Waals surface area contributed by atoms with E-state index in [2.05, 4.69) is 21.7 Å². The molecular formula is C17H35Cs2N5O4. The minimum Gasteiger partial charge on any atom is -0.543 e. The zero-order valence-electron chi connectivity index (χ0n) is 17.5. The Morgan fingerprint density at radius 3 is 2.04 bits per heavy atom. The second-order valence-electron chi connectivity index (χ2n) is 5.40. The number of nitrogens with two attached hydrogens (primary N) is 2. The van der Waals surface area contributed by atoms with E-state index in [1.807, 2.05) is 0 Å². The van der Waals surface area contributed by atoms with Crippen LogP contribution in [0.3, 0.4) is 0 Å². The third-order valence-corrected chi connectivity index (χ3v) is 3.20. The monoisotopic (exact) mass is 639 g/mol. The SMILES string of the molecule is N[C-]=O.[CH-]=CC(CCO)OC(=O)NCCCNCCCCNCCCN.[Cs+].[Cs+]. The average molecular weight is 639 g/mol. The Kier molecular flexibility index (Phi) is 45.9. The van der Waals surface area contributed by atoms with Crippen LogP contribution in [0.1, 0.15) is 32.1 Å². The molecule has 0 radical (unpaired) electrons. The number of ether oxygens (including phenoxy) is 1. The number of alkyl carbamates (subject to hydrolysis) is 1. The quantitative estimate of drug-likeness (QED) is 0.0559. The van der Waals surface area contributed by atoms with Gasteiger partial charge < -0.3 is 48.6 Å². The summed E-state index contributed by atoms with van der Waals surface area (Å²) in [6.07, 6.45) is 5.66. The van der Waals surface area contributed by atoms with Gasteiger partial charge in [-0.3, -0.25) is 0 Å². The number of carbonyl (C=O) groups is 1. The summed E-state index contributed by atoms with van der Waals surface area (Å²) in [5.74, 6) is 0. The summed E-state index contributed by atoms with van der Waals surface area (Å²) < 4.78 is 5.01. The van der Waals surface area contributed by atoms with E-state index in [9.17, 15) is 4.79 Å². The van der Waals surface area contributed by atoms with E-state index in [0.29, 0.717) is 13.0 Å². The Balaban J connectivity index is -0.000000538. The fraction of sp³-hybridized carbons (Fsp3) is 0.765. The Morgan fingerprint density at radius 1 is 1.07 bits per heavy atom. The molecule has 28 heavy (non-hydrogen) atoms. The van der Waals surface area contributed by atoms with Gasteiger partial charge in [0, 0.05) is 19.6 Å². The van der Waals surface area contributed by atoms with Crippen LogP contribution in [0.4, 0.5) is 4.79 Å². The summed E-state index contributed by atoms with van der Waals surface area (Å²) in [6.45, 7) is 10.4. The number of aliphatic hydroxyl groups excluding tert-OH is 1. The number of hydrogen-bond acceptors (Lipinski definition) is 7. The molecule has 0 heterocycles. The number of primary amides is 1. The van der Waals surface area contributed by atoms with E-state index in [0.717, 1.165) is 64.8 Å². The molecule has 1 atom stereocenters. The first-order valence-electron chi connectivity index (χ1n) is 8.95. The Labute approximate surface area is 287 Å². The van der Waals surface area contributed by atoms with Crippen LogP contribution in [0, 0.1) is 6.58 Å². The average Bonchev–Trinajstić information content (AvgIpc) is 2.63. The smallest absolute Gasteiger partial charge is 0.543 e.